The topological polar surface area (TPSA) is 57.5 Å². The highest BCUT2D eigenvalue weighted by Crippen LogP contribution is 2.00. The molecule has 0 aliphatic heterocycles. The molecule has 0 aromatic carbocycles. The van der Waals surface area contributed by atoms with Crippen LogP contribution in [0.5, 0.6) is 0 Å². The summed E-state index contributed by atoms with van der Waals surface area (Å²) in [6.07, 6.45) is 4.32. The van der Waals surface area contributed by atoms with Gasteiger partial charge < -0.3 is 10.2 Å². The van der Waals surface area contributed by atoms with Crippen molar-refractivity contribution in [2.75, 3.05) is 6.61 Å². The van der Waals surface area contributed by atoms with E-state index >= 15 is 0 Å². The molecule has 0 aliphatic carbocycles. The zero-order valence-corrected chi connectivity index (χ0v) is 6.71. The van der Waals surface area contributed by atoms with Crippen LogP contribution in [0.1, 0.15) is 26.2 Å². The van der Waals surface area contributed by atoms with Crippen molar-refractivity contribution in [2.45, 2.75) is 26.2 Å². The van der Waals surface area contributed by atoms with Crippen LogP contribution in [-0.4, -0.2) is 22.8 Å². The number of hydrogen-bond donors (Lipinski definition) is 2. The summed E-state index contributed by atoms with van der Waals surface area (Å²) < 4.78 is 0. The van der Waals surface area contributed by atoms with Gasteiger partial charge in [-0.2, -0.15) is 0 Å². The molecule has 2 N–H and O–H groups in total. The molecule has 0 bridgehead atoms. The molecule has 0 fully saturated rings. The lowest BCUT2D eigenvalue weighted by molar-refractivity contribution is -0.133. The Morgan fingerprint density at radius 2 is 2.18 bits per heavy atom. The number of rotatable bonds is 5. The maximum absolute atomic E-state index is 10.3. The Bertz CT molecular complexity index is 149. The maximum atomic E-state index is 10.3. The first-order valence-corrected chi connectivity index (χ1v) is 3.75. The van der Waals surface area contributed by atoms with Gasteiger partial charge in [-0.25, -0.2) is 4.79 Å². The summed E-state index contributed by atoms with van der Waals surface area (Å²) in [5, 5.41) is 17.0. The lowest BCUT2D eigenvalue weighted by Crippen LogP contribution is -2.04. The van der Waals surface area contributed by atoms with Gasteiger partial charge >= 0.3 is 5.97 Å². The van der Waals surface area contributed by atoms with Crippen molar-refractivity contribution in [2.24, 2.45) is 0 Å². The molecule has 0 aliphatic rings. The maximum Gasteiger partial charge on any atom is 0.333 e. The predicted octanol–water partition coefficient (Wildman–Crippen LogP) is 1.18. The SMILES string of the molecule is CCCCC=C(CO)C(=O)O. The highest BCUT2D eigenvalue weighted by molar-refractivity contribution is 5.86. The van der Waals surface area contributed by atoms with Crippen LogP contribution in [0, 0.1) is 0 Å². The van der Waals surface area contributed by atoms with Crippen molar-refractivity contribution >= 4 is 5.97 Å². The summed E-state index contributed by atoms with van der Waals surface area (Å²) in [5.74, 6) is -1.02. The summed E-state index contributed by atoms with van der Waals surface area (Å²) in [5.41, 5.74) is 0.0958. The van der Waals surface area contributed by atoms with E-state index in [9.17, 15) is 4.79 Å². The van der Waals surface area contributed by atoms with E-state index in [0.29, 0.717) is 0 Å². The fourth-order valence-electron chi connectivity index (χ4n) is 0.700. The normalized spacial score (nSPS) is 11.6. The van der Waals surface area contributed by atoms with Gasteiger partial charge in [0.1, 0.15) is 0 Å². The van der Waals surface area contributed by atoms with E-state index in [2.05, 4.69) is 0 Å². The Hall–Kier alpha value is -0.830. The molecule has 0 heterocycles. The first kappa shape index (κ1) is 10.2. The van der Waals surface area contributed by atoms with Gasteiger partial charge in [0.2, 0.25) is 0 Å². The monoisotopic (exact) mass is 158 g/mol. The molecule has 0 spiro atoms. The van der Waals surface area contributed by atoms with Gasteiger partial charge in [0.25, 0.3) is 0 Å². The fourth-order valence-corrected chi connectivity index (χ4v) is 0.700. The second-order valence-corrected chi connectivity index (χ2v) is 2.33. The van der Waals surface area contributed by atoms with E-state index in [1.165, 1.54) is 0 Å². The number of carboxylic acids is 1. The minimum Gasteiger partial charge on any atom is -0.478 e. The summed E-state index contributed by atoms with van der Waals surface area (Å²) in [6, 6.07) is 0. The molecule has 0 saturated carbocycles. The third-order valence-corrected chi connectivity index (χ3v) is 1.39. The molecule has 64 valence electrons. The molecule has 0 aromatic heterocycles. The van der Waals surface area contributed by atoms with E-state index in [1.807, 2.05) is 6.92 Å². The molecule has 0 radical (unpaired) electrons. The summed E-state index contributed by atoms with van der Waals surface area (Å²) in [6.45, 7) is 1.66. The van der Waals surface area contributed by atoms with Crippen LogP contribution in [-0.2, 0) is 4.79 Å². The van der Waals surface area contributed by atoms with Gasteiger partial charge in [-0.05, 0) is 6.42 Å². The summed E-state index contributed by atoms with van der Waals surface area (Å²) >= 11 is 0. The number of unbranched alkanes of at least 4 members (excludes halogenated alkanes) is 2. The second-order valence-electron chi connectivity index (χ2n) is 2.33. The Morgan fingerprint density at radius 1 is 1.55 bits per heavy atom. The van der Waals surface area contributed by atoms with Gasteiger partial charge in [-0.15, -0.1) is 0 Å². The third-order valence-electron chi connectivity index (χ3n) is 1.39. The minimum absolute atomic E-state index is 0.0958. The molecular weight excluding hydrogens is 144 g/mol. The number of aliphatic carboxylic acids is 1. The molecule has 0 rings (SSSR count). The van der Waals surface area contributed by atoms with Gasteiger partial charge in [0.05, 0.1) is 12.2 Å². The zero-order valence-electron chi connectivity index (χ0n) is 6.71. The van der Waals surface area contributed by atoms with Crippen LogP contribution in [0.15, 0.2) is 11.6 Å². The number of aliphatic hydroxyl groups excluding tert-OH is 1. The van der Waals surface area contributed by atoms with Crippen molar-refractivity contribution in [3.63, 3.8) is 0 Å². The number of hydrogen-bond acceptors (Lipinski definition) is 2. The summed E-state index contributed by atoms with van der Waals surface area (Å²) in [4.78, 5) is 10.3. The van der Waals surface area contributed by atoms with Crippen LogP contribution < -0.4 is 0 Å². The molecule has 0 aromatic rings. The van der Waals surface area contributed by atoms with Crippen molar-refractivity contribution in [3.05, 3.63) is 11.6 Å². The van der Waals surface area contributed by atoms with Crippen molar-refractivity contribution in [3.8, 4) is 0 Å². The molecule has 11 heavy (non-hydrogen) atoms. The Labute approximate surface area is 66.4 Å². The molecule has 0 unspecified atom stereocenters. The van der Waals surface area contributed by atoms with Crippen molar-refractivity contribution < 1.29 is 15.0 Å². The Kier molecular flexibility index (Phi) is 5.47. The lowest BCUT2D eigenvalue weighted by atomic mass is 10.2. The van der Waals surface area contributed by atoms with E-state index < -0.39 is 5.97 Å². The largest absolute Gasteiger partial charge is 0.478 e. The average molecular weight is 158 g/mol. The van der Waals surface area contributed by atoms with Crippen LogP contribution in [0.4, 0.5) is 0 Å². The Morgan fingerprint density at radius 3 is 2.55 bits per heavy atom. The third kappa shape index (κ3) is 4.56. The van der Waals surface area contributed by atoms with E-state index in [0.717, 1.165) is 19.3 Å². The van der Waals surface area contributed by atoms with E-state index in [4.69, 9.17) is 10.2 Å². The first-order chi connectivity index (χ1) is 5.22. The fraction of sp³-hybridized carbons (Fsp3) is 0.625. The van der Waals surface area contributed by atoms with E-state index in [1.54, 1.807) is 6.08 Å². The smallest absolute Gasteiger partial charge is 0.333 e. The van der Waals surface area contributed by atoms with Crippen LogP contribution in [0.25, 0.3) is 0 Å². The molecule has 0 saturated heterocycles. The lowest BCUT2D eigenvalue weighted by Gasteiger charge is -1.95. The highest BCUT2D eigenvalue weighted by Gasteiger charge is 2.02. The quantitative estimate of drug-likeness (QED) is 0.466. The predicted molar refractivity (Wildman–Crippen MR) is 42.3 cm³/mol. The average Bonchev–Trinajstić information content (AvgIpc) is 1.97. The Balaban J connectivity index is 3.81. The van der Waals surface area contributed by atoms with Crippen LogP contribution in [0.2, 0.25) is 0 Å². The van der Waals surface area contributed by atoms with Crippen molar-refractivity contribution in [1.82, 2.24) is 0 Å². The number of aliphatic hydroxyl groups is 1. The molecular formula is C8H14O3. The van der Waals surface area contributed by atoms with Gasteiger partial charge in [0, 0.05) is 0 Å². The molecule has 3 heteroatoms. The molecule has 3 nitrogen and oxygen atoms in total. The zero-order chi connectivity index (χ0) is 8.69. The van der Waals surface area contributed by atoms with E-state index in [-0.39, 0.29) is 12.2 Å². The first-order valence-electron chi connectivity index (χ1n) is 3.75. The van der Waals surface area contributed by atoms with Crippen LogP contribution in [0.3, 0.4) is 0 Å². The van der Waals surface area contributed by atoms with Crippen LogP contribution >= 0.6 is 0 Å². The van der Waals surface area contributed by atoms with Gasteiger partial charge in [-0.1, -0.05) is 25.8 Å². The minimum atomic E-state index is -1.02. The molecule has 0 amide bonds. The second kappa shape index (κ2) is 5.92. The number of carbonyl (C=O) groups is 1. The standard InChI is InChI=1S/C8H14O3/c1-2-3-4-5-7(6-9)8(10)11/h5,9H,2-4,6H2,1H3,(H,10,11). The summed E-state index contributed by atoms with van der Waals surface area (Å²) in [7, 11) is 0. The highest BCUT2D eigenvalue weighted by atomic mass is 16.4. The molecule has 0 atom stereocenters. The number of carboxylic acid groups (broad SMARTS) is 1. The van der Waals surface area contributed by atoms with Crippen molar-refractivity contribution in [1.29, 1.82) is 0 Å². The van der Waals surface area contributed by atoms with Gasteiger partial charge in [0.15, 0.2) is 0 Å². The number of allylic oxidation sites excluding steroid dienone is 1. The van der Waals surface area contributed by atoms with Gasteiger partial charge in [-0.3, -0.25) is 0 Å².